The summed E-state index contributed by atoms with van der Waals surface area (Å²) in [5.74, 6) is 1.51. The van der Waals surface area contributed by atoms with Gasteiger partial charge < -0.3 is 4.90 Å². The van der Waals surface area contributed by atoms with Crippen LogP contribution in [0.5, 0.6) is 0 Å². The van der Waals surface area contributed by atoms with Crippen molar-refractivity contribution >= 4 is 12.2 Å². The molecule has 112 valence electrons. The lowest BCUT2D eigenvalue weighted by Crippen LogP contribution is -2.34. The molecule has 6 heteroatoms. The Labute approximate surface area is 130 Å². The number of hydrogen-bond donors (Lipinski definition) is 1. The van der Waals surface area contributed by atoms with Crippen LogP contribution in [0, 0.1) is 10.7 Å². The van der Waals surface area contributed by atoms with E-state index in [9.17, 15) is 0 Å². The second kappa shape index (κ2) is 6.49. The lowest BCUT2D eigenvalue weighted by Gasteiger charge is -2.31. The molecule has 0 aliphatic carbocycles. The van der Waals surface area contributed by atoms with Crippen LogP contribution in [-0.4, -0.2) is 44.3 Å². The zero-order chi connectivity index (χ0) is 14.7. The van der Waals surface area contributed by atoms with Crippen LogP contribution in [0.2, 0.25) is 0 Å². The third-order valence-corrected chi connectivity index (χ3v) is 4.56. The topological polar surface area (TPSA) is 49.7 Å². The van der Waals surface area contributed by atoms with E-state index in [4.69, 9.17) is 12.2 Å². The Hall–Kier alpha value is -1.53. The first-order chi connectivity index (χ1) is 10.3. The number of nitrogens with one attached hydrogen (secondary N) is 1. The molecular formula is C15H21N5S. The molecule has 0 unspecified atom stereocenters. The maximum Gasteiger partial charge on any atom is 0.195 e. The number of likely N-dealkylation sites (tertiary alicyclic amines) is 1. The first-order valence-corrected chi connectivity index (χ1v) is 7.97. The Morgan fingerprint density at radius 2 is 2.14 bits per heavy atom. The normalized spacial score (nSPS) is 17.2. The fraction of sp³-hybridized carbons (Fsp3) is 0.533. The molecule has 1 saturated heterocycles. The summed E-state index contributed by atoms with van der Waals surface area (Å²) < 4.78 is 2.79. The molecule has 5 nitrogen and oxygen atoms in total. The van der Waals surface area contributed by atoms with Gasteiger partial charge in [-0.25, -0.2) is 0 Å². The highest BCUT2D eigenvalue weighted by Crippen LogP contribution is 2.22. The van der Waals surface area contributed by atoms with E-state index < -0.39 is 0 Å². The third kappa shape index (κ3) is 3.22. The van der Waals surface area contributed by atoms with Crippen LogP contribution in [0.15, 0.2) is 24.4 Å². The van der Waals surface area contributed by atoms with Gasteiger partial charge in [0.1, 0.15) is 5.69 Å². The summed E-state index contributed by atoms with van der Waals surface area (Å²) in [6, 6.07) is 5.86. The van der Waals surface area contributed by atoms with Gasteiger partial charge in [0.15, 0.2) is 10.6 Å². The summed E-state index contributed by atoms with van der Waals surface area (Å²) in [5, 5.41) is 7.27. The fourth-order valence-electron chi connectivity index (χ4n) is 2.92. The number of H-pyrrole nitrogens is 1. The number of rotatable bonds is 4. The van der Waals surface area contributed by atoms with Crippen LogP contribution < -0.4 is 0 Å². The van der Waals surface area contributed by atoms with E-state index >= 15 is 0 Å². The SMILES string of the molecule is CCN1CCC(Cn2c(-c3ccccn3)n[nH]c2=S)CC1. The molecule has 1 N–H and O–H groups in total. The molecule has 0 saturated carbocycles. The van der Waals surface area contributed by atoms with E-state index in [1.54, 1.807) is 6.20 Å². The molecule has 0 bridgehead atoms. The van der Waals surface area contributed by atoms with Crippen LogP contribution in [0.25, 0.3) is 11.5 Å². The molecule has 1 fully saturated rings. The van der Waals surface area contributed by atoms with Crippen molar-refractivity contribution in [1.29, 1.82) is 0 Å². The number of pyridine rings is 1. The van der Waals surface area contributed by atoms with Gasteiger partial charge in [-0.2, -0.15) is 5.10 Å². The number of hydrogen-bond acceptors (Lipinski definition) is 4. The Bertz CT molecular complexity index is 625. The zero-order valence-corrected chi connectivity index (χ0v) is 13.1. The van der Waals surface area contributed by atoms with Crippen molar-refractivity contribution in [3.05, 3.63) is 29.2 Å². The average Bonchev–Trinajstić information content (AvgIpc) is 2.90. The smallest absolute Gasteiger partial charge is 0.195 e. The molecule has 2 aromatic heterocycles. The van der Waals surface area contributed by atoms with Crippen molar-refractivity contribution in [2.24, 2.45) is 5.92 Å². The molecule has 3 rings (SSSR count). The molecule has 0 amide bonds. The van der Waals surface area contributed by atoms with Crippen LogP contribution in [-0.2, 0) is 6.54 Å². The van der Waals surface area contributed by atoms with Crippen LogP contribution in [0.4, 0.5) is 0 Å². The van der Waals surface area contributed by atoms with Gasteiger partial charge in [-0.15, -0.1) is 0 Å². The molecule has 3 heterocycles. The average molecular weight is 303 g/mol. The Morgan fingerprint density at radius 1 is 1.33 bits per heavy atom. The lowest BCUT2D eigenvalue weighted by molar-refractivity contribution is 0.181. The summed E-state index contributed by atoms with van der Waals surface area (Å²) in [5.41, 5.74) is 0.871. The molecule has 21 heavy (non-hydrogen) atoms. The van der Waals surface area contributed by atoms with Gasteiger partial charge in [0.25, 0.3) is 0 Å². The fourth-order valence-corrected chi connectivity index (χ4v) is 3.13. The molecule has 2 aromatic rings. The number of piperidine rings is 1. The standard InChI is InChI=1S/C15H21N5S/c1-2-19-9-6-12(7-10-19)11-20-14(17-18-15(20)21)13-5-3-4-8-16-13/h3-5,8,12H,2,6-7,9-11H2,1H3,(H,18,21). The van der Waals surface area contributed by atoms with Crippen molar-refractivity contribution in [3.63, 3.8) is 0 Å². The number of aromatic amines is 1. The Balaban J connectivity index is 1.77. The van der Waals surface area contributed by atoms with Crippen LogP contribution in [0.1, 0.15) is 19.8 Å². The molecule has 0 spiro atoms. The van der Waals surface area contributed by atoms with E-state index in [1.807, 2.05) is 18.2 Å². The molecule has 0 aromatic carbocycles. The van der Waals surface area contributed by atoms with E-state index in [0.29, 0.717) is 10.7 Å². The Kier molecular flexibility index (Phi) is 4.45. The van der Waals surface area contributed by atoms with Gasteiger partial charge in [0.2, 0.25) is 0 Å². The molecule has 1 aliphatic rings. The third-order valence-electron chi connectivity index (χ3n) is 4.25. The van der Waals surface area contributed by atoms with Gasteiger partial charge in [-0.3, -0.25) is 14.6 Å². The molecule has 0 radical (unpaired) electrons. The molecule has 0 atom stereocenters. The predicted octanol–water partition coefficient (Wildman–Crippen LogP) is 2.73. The highest BCUT2D eigenvalue weighted by atomic mass is 32.1. The van der Waals surface area contributed by atoms with E-state index in [-0.39, 0.29) is 0 Å². The maximum atomic E-state index is 5.39. The van der Waals surface area contributed by atoms with Crippen molar-refractivity contribution in [1.82, 2.24) is 24.6 Å². The van der Waals surface area contributed by atoms with Crippen LogP contribution >= 0.6 is 12.2 Å². The summed E-state index contributed by atoms with van der Waals surface area (Å²) in [6.45, 7) is 6.68. The highest BCUT2D eigenvalue weighted by Gasteiger charge is 2.20. The summed E-state index contributed by atoms with van der Waals surface area (Å²) in [4.78, 5) is 6.89. The largest absolute Gasteiger partial charge is 0.304 e. The van der Waals surface area contributed by atoms with Gasteiger partial charge in [0.05, 0.1) is 0 Å². The van der Waals surface area contributed by atoms with Crippen molar-refractivity contribution in [2.45, 2.75) is 26.3 Å². The zero-order valence-electron chi connectivity index (χ0n) is 12.3. The van der Waals surface area contributed by atoms with Crippen LogP contribution in [0.3, 0.4) is 0 Å². The summed E-state index contributed by atoms with van der Waals surface area (Å²) in [6.07, 6.45) is 4.24. The second-order valence-electron chi connectivity index (χ2n) is 5.56. The minimum absolute atomic E-state index is 0.666. The minimum atomic E-state index is 0.666. The van der Waals surface area contributed by atoms with Gasteiger partial charge in [-0.05, 0) is 62.7 Å². The minimum Gasteiger partial charge on any atom is -0.304 e. The maximum absolute atomic E-state index is 5.39. The monoisotopic (exact) mass is 303 g/mol. The highest BCUT2D eigenvalue weighted by molar-refractivity contribution is 7.71. The first kappa shape index (κ1) is 14.4. The lowest BCUT2D eigenvalue weighted by atomic mass is 9.97. The van der Waals surface area contributed by atoms with Gasteiger partial charge in [-0.1, -0.05) is 13.0 Å². The van der Waals surface area contributed by atoms with E-state index in [2.05, 4.69) is 31.6 Å². The van der Waals surface area contributed by atoms with E-state index in [1.165, 1.54) is 25.9 Å². The van der Waals surface area contributed by atoms with Crippen molar-refractivity contribution in [3.8, 4) is 11.5 Å². The number of aromatic nitrogens is 4. The van der Waals surface area contributed by atoms with Crippen molar-refractivity contribution in [2.75, 3.05) is 19.6 Å². The first-order valence-electron chi connectivity index (χ1n) is 7.57. The summed E-state index contributed by atoms with van der Waals surface area (Å²) in [7, 11) is 0. The Morgan fingerprint density at radius 3 is 2.81 bits per heavy atom. The van der Waals surface area contributed by atoms with Gasteiger partial charge in [0, 0.05) is 12.7 Å². The quantitative estimate of drug-likeness (QED) is 0.882. The molecular weight excluding hydrogens is 282 g/mol. The molecule has 1 aliphatic heterocycles. The number of nitrogens with zero attached hydrogens (tertiary/aromatic N) is 4. The second-order valence-corrected chi connectivity index (χ2v) is 5.94. The predicted molar refractivity (Wildman–Crippen MR) is 85.5 cm³/mol. The van der Waals surface area contributed by atoms with E-state index in [0.717, 1.165) is 24.6 Å². The summed E-state index contributed by atoms with van der Waals surface area (Å²) >= 11 is 5.39. The van der Waals surface area contributed by atoms with Crippen molar-refractivity contribution < 1.29 is 0 Å². The van der Waals surface area contributed by atoms with Gasteiger partial charge >= 0.3 is 0 Å².